The maximum atomic E-state index is 5.34. The highest BCUT2D eigenvalue weighted by Gasteiger charge is 2.12. The predicted molar refractivity (Wildman–Crippen MR) is 59.0 cm³/mol. The summed E-state index contributed by atoms with van der Waals surface area (Å²) in [5.41, 5.74) is 1.31. The highest BCUT2D eigenvalue weighted by Crippen LogP contribution is 2.21. The van der Waals surface area contributed by atoms with Crippen molar-refractivity contribution in [3.63, 3.8) is 0 Å². The maximum absolute atomic E-state index is 5.34. The topological polar surface area (TPSA) is 24.5 Å². The van der Waals surface area contributed by atoms with Gasteiger partial charge in [-0.05, 0) is 26.0 Å². The fraction of sp³-hybridized carbons (Fsp3) is 0.636. The lowest BCUT2D eigenvalue weighted by molar-refractivity contribution is 0.272. The number of allylic oxidation sites excluding steroid dienone is 3. The van der Waals surface area contributed by atoms with Gasteiger partial charge in [-0.25, -0.2) is 0 Å². The van der Waals surface area contributed by atoms with Crippen LogP contribution in [0.1, 0.15) is 12.8 Å². The Labute approximate surface area is 86.4 Å². The van der Waals surface area contributed by atoms with Crippen LogP contribution in [0.4, 0.5) is 0 Å². The third kappa shape index (κ3) is 2.77. The number of likely N-dealkylation sites (N-methyl/N-ethyl adjacent to an activating group) is 2. The van der Waals surface area contributed by atoms with Crippen LogP contribution in [0.3, 0.4) is 0 Å². The molecule has 0 aromatic carbocycles. The molecule has 0 atom stereocenters. The molecule has 0 amide bonds. The van der Waals surface area contributed by atoms with Crippen molar-refractivity contribution < 1.29 is 4.74 Å². The molecule has 0 saturated heterocycles. The summed E-state index contributed by atoms with van der Waals surface area (Å²) in [5.74, 6) is 1.01. The fourth-order valence-electron chi connectivity index (χ4n) is 1.61. The molecule has 1 N–H and O–H groups in total. The monoisotopic (exact) mass is 196 g/mol. The van der Waals surface area contributed by atoms with E-state index >= 15 is 0 Å². The Hall–Kier alpha value is -0.960. The van der Waals surface area contributed by atoms with E-state index in [1.807, 2.05) is 7.05 Å². The van der Waals surface area contributed by atoms with Crippen molar-refractivity contribution in [2.45, 2.75) is 12.8 Å². The van der Waals surface area contributed by atoms with Crippen molar-refractivity contribution in [2.24, 2.45) is 0 Å². The second-order valence-electron chi connectivity index (χ2n) is 3.48. The van der Waals surface area contributed by atoms with Gasteiger partial charge in [0.1, 0.15) is 5.76 Å². The normalized spacial score (nSPS) is 15.9. The molecule has 3 heteroatoms. The summed E-state index contributed by atoms with van der Waals surface area (Å²) >= 11 is 0. The van der Waals surface area contributed by atoms with Gasteiger partial charge in [0.25, 0.3) is 0 Å². The van der Waals surface area contributed by atoms with E-state index < -0.39 is 0 Å². The summed E-state index contributed by atoms with van der Waals surface area (Å²) < 4.78 is 5.34. The van der Waals surface area contributed by atoms with Gasteiger partial charge in [0.2, 0.25) is 0 Å². The second kappa shape index (κ2) is 5.70. The van der Waals surface area contributed by atoms with E-state index in [1.165, 1.54) is 5.70 Å². The van der Waals surface area contributed by atoms with E-state index in [2.05, 4.69) is 29.4 Å². The van der Waals surface area contributed by atoms with Crippen molar-refractivity contribution in [1.82, 2.24) is 10.2 Å². The van der Waals surface area contributed by atoms with Crippen LogP contribution >= 0.6 is 0 Å². The molecule has 0 spiro atoms. The molecule has 0 radical (unpaired) electrons. The van der Waals surface area contributed by atoms with Gasteiger partial charge in [-0.2, -0.15) is 0 Å². The molecule has 1 aliphatic carbocycles. The van der Waals surface area contributed by atoms with Crippen molar-refractivity contribution in [1.29, 1.82) is 0 Å². The summed E-state index contributed by atoms with van der Waals surface area (Å²) in [7, 11) is 5.82. The third-order valence-corrected chi connectivity index (χ3v) is 2.48. The standard InChI is InChI=1S/C11H20N2O/c1-12-8-9-13(2)10-6-4-5-7-11(10)14-3/h5,7,12H,4,6,8-9H2,1-3H3. The number of methoxy groups -OCH3 is 1. The maximum Gasteiger partial charge on any atom is 0.137 e. The number of nitrogens with one attached hydrogen (secondary N) is 1. The Kier molecular flexibility index (Phi) is 4.53. The molecule has 80 valence electrons. The molecule has 0 bridgehead atoms. The highest BCUT2D eigenvalue weighted by atomic mass is 16.5. The van der Waals surface area contributed by atoms with Crippen molar-refractivity contribution in [2.75, 3.05) is 34.3 Å². The van der Waals surface area contributed by atoms with E-state index in [4.69, 9.17) is 4.74 Å². The Morgan fingerprint density at radius 2 is 2.36 bits per heavy atom. The summed E-state index contributed by atoms with van der Waals surface area (Å²) in [6.07, 6.45) is 6.43. The quantitative estimate of drug-likeness (QED) is 0.718. The lowest BCUT2D eigenvalue weighted by atomic mass is 10.1. The summed E-state index contributed by atoms with van der Waals surface area (Å²) in [6, 6.07) is 0. The zero-order valence-electron chi connectivity index (χ0n) is 9.34. The molecule has 0 aromatic rings. The van der Waals surface area contributed by atoms with Crippen LogP contribution in [0.15, 0.2) is 23.6 Å². The zero-order chi connectivity index (χ0) is 10.4. The van der Waals surface area contributed by atoms with Crippen LogP contribution in [0.5, 0.6) is 0 Å². The fourth-order valence-corrected chi connectivity index (χ4v) is 1.61. The molecule has 0 aliphatic heterocycles. The van der Waals surface area contributed by atoms with Crippen molar-refractivity contribution in [3.05, 3.63) is 23.6 Å². The van der Waals surface area contributed by atoms with Crippen LogP contribution in [0, 0.1) is 0 Å². The Bertz CT molecular complexity index is 233. The molecule has 0 unspecified atom stereocenters. The van der Waals surface area contributed by atoms with Crippen LogP contribution in [-0.4, -0.2) is 39.2 Å². The number of nitrogens with zero attached hydrogens (tertiary/aromatic N) is 1. The van der Waals surface area contributed by atoms with Gasteiger partial charge in [-0.3, -0.25) is 0 Å². The van der Waals surface area contributed by atoms with Gasteiger partial charge in [0.15, 0.2) is 0 Å². The lowest BCUT2D eigenvalue weighted by Crippen LogP contribution is -2.28. The van der Waals surface area contributed by atoms with E-state index in [1.54, 1.807) is 7.11 Å². The van der Waals surface area contributed by atoms with Crippen molar-refractivity contribution in [3.8, 4) is 0 Å². The van der Waals surface area contributed by atoms with Gasteiger partial charge in [-0.1, -0.05) is 6.08 Å². The smallest absolute Gasteiger partial charge is 0.137 e. The average molecular weight is 196 g/mol. The van der Waals surface area contributed by atoms with E-state index in [-0.39, 0.29) is 0 Å². The molecule has 1 rings (SSSR count). The third-order valence-electron chi connectivity index (χ3n) is 2.48. The molecule has 0 aromatic heterocycles. The largest absolute Gasteiger partial charge is 0.495 e. The Balaban J connectivity index is 2.62. The first-order valence-electron chi connectivity index (χ1n) is 5.09. The number of rotatable bonds is 5. The number of hydrogen-bond donors (Lipinski definition) is 1. The molecule has 1 aliphatic rings. The second-order valence-corrected chi connectivity index (χ2v) is 3.48. The number of ether oxygens (including phenoxy) is 1. The summed E-state index contributed by atoms with van der Waals surface area (Å²) in [5, 5.41) is 3.15. The van der Waals surface area contributed by atoms with Gasteiger partial charge >= 0.3 is 0 Å². The minimum Gasteiger partial charge on any atom is -0.495 e. The molecule has 0 saturated carbocycles. The SMILES string of the molecule is CNCCN(C)C1=C(OC)C=CCC1. The van der Waals surface area contributed by atoms with Gasteiger partial charge in [0, 0.05) is 20.1 Å². The molecule has 0 fully saturated rings. The predicted octanol–water partition coefficient (Wildman–Crippen LogP) is 1.35. The lowest BCUT2D eigenvalue weighted by Gasteiger charge is -2.25. The Morgan fingerprint density at radius 1 is 1.57 bits per heavy atom. The minimum atomic E-state index is 1.00. The highest BCUT2D eigenvalue weighted by molar-refractivity contribution is 5.23. The molecular formula is C11H20N2O. The minimum absolute atomic E-state index is 1.00. The first kappa shape index (κ1) is 11.1. The van der Waals surface area contributed by atoms with Crippen LogP contribution in [0.25, 0.3) is 0 Å². The van der Waals surface area contributed by atoms with Crippen LogP contribution in [0.2, 0.25) is 0 Å². The first-order valence-corrected chi connectivity index (χ1v) is 5.09. The number of hydrogen-bond acceptors (Lipinski definition) is 3. The molecule has 3 nitrogen and oxygen atoms in total. The first-order chi connectivity index (χ1) is 6.79. The molecule has 0 heterocycles. The van der Waals surface area contributed by atoms with E-state index in [9.17, 15) is 0 Å². The van der Waals surface area contributed by atoms with Gasteiger partial charge in [0.05, 0.1) is 12.8 Å². The van der Waals surface area contributed by atoms with Crippen LogP contribution < -0.4 is 5.32 Å². The van der Waals surface area contributed by atoms with Crippen LogP contribution in [-0.2, 0) is 4.74 Å². The average Bonchev–Trinajstić information content (AvgIpc) is 2.25. The van der Waals surface area contributed by atoms with Gasteiger partial charge < -0.3 is 15.0 Å². The van der Waals surface area contributed by atoms with E-state index in [0.717, 1.165) is 31.7 Å². The van der Waals surface area contributed by atoms with Gasteiger partial charge in [-0.15, -0.1) is 0 Å². The Morgan fingerprint density at radius 3 is 3.00 bits per heavy atom. The summed E-state index contributed by atoms with van der Waals surface area (Å²) in [6.45, 7) is 2.02. The molecule has 14 heavy (non-hydrogen) atoms. The molecular weight excluding hydrogens is 176 g/mol. The summed E-state index contributed by atoms with van der Waals surface area (Å²) in [4.78, 5) is 2.26. The van der Waals surface area contributed by atoms with Crippen molar-refractivity contribution >= 4 is 0 Å². The van der Waals surface area contributed by atoms with E-state index in [0.29, 0.717) is 0 Å². The zero-order valence-corrected chi connectivity index (χ0v) is 9.34.